The Kier molecular flexibility index (Phi) is 4.36. The van der Waals surface area contributed by atoms with E-state index >= 15 is 0 Å². The highest BCUT2D eigenvalue weighted by Crippen LogP contribution is 2.42. The molecule has 6 rings (SSSR count). The van der Waals surface area contributed by atoms with E-state index in [4.69, 9.17) is 4.42 Å². The molecule has 0 aliphatic carbocycles. The molecule has 0 unspecified atom stereocenters. The van der Waals surface area contributed by atoms with Crippen LogP contribution < -0.4 is 0 Å². The number of hydrogen-bond acceptors (Lipinski definition) is 1. The van der Waals surface area contributed by atoms with Gasteiger partial charge in [0.1, 0.15) is 11.2 Å². The molecule has 0 saturated heterocycles. The summed E-state index contributed by atoms with van der Waals surface area (Å²) in [4.78, 5) is 0. The van der Waals surface area contributed by atoms with Gasteiger partial charge in [0.2, 0.25) is 0 Å². The molecule has 1 heteroatoms. The zero-order valence-electron chi connectivity index (χ0n) is 18.3. The lowest BCUT2D eigenvalue weighted by Gasteiger charge is -2.13. The maximum Gasteiger partial charge on any atom is 0.143 e. The second-order valence-electron chi connectivity index (χ2n) is 8.78. The molecule has 32 heavy (non-hydrogen) atoms. The van der Waals surface area contributed by atoms with Crippen LogP contribution in [0.25, 0.3) is 55.0 Å². The Morgan fingerprint density at radius 2 is 1.16 bits per heavy atom. The Bertz CT molecular complexity index is 1590. The minimum absolute atomic E-state index is 0.456. The van der Waals surface area contributed by atoms with Crippen molar-refractivity contribution in [1.82, 2.24) is 0 Å². The first-order chi connectivity index (χ1) is 15.7. The van der Waals surface area contributed by atoms with E-state index in [1.54, 1.807) is 0 Å². The molecular formula is C31H24O. The van der Waals surface area contributed by atoms with Crippen molar-refractivity contribution in [1.29, 1.82) is 0 Å². The molecule has 154 valence electrons. The Labute approximate surface area is 187 Å². The third-order valence-corrected chi connectivity index (χ3v) is 6.45. The topological polar surface area (TPSA) is 13.1 Å². The summed E-state index contributed by atoms with van der Waals surface area (Å²) in [5.74, 6) is 0.456. The SMILES string of the molecule is CC(C)c1cc(-c2cccc3c2oc2c(-c4ccccc4)cccc23)c2ccccc2c1. The lowest BCUT2D eigenvalue weighted by Crippen LogP contribution is -1.91. The van der Waals surface area contributed by atoms with E-state index in [-0.39, 0.29) is 0 Å². The number of para-hydroxylation sites is 2. The van der Waals surface area contributed by atoms with Gasteiger partial charge in [0, 0.05) is 21.9 Å². The Morgan fingerprint density at radius 3 is 1.91 bits per heavy atom. The fraction of sp³-hybridized carbons (Fsp3) is 0.0968. The molecule has 1 aromatic heterocycles. The van der Waals surface area contributed by atoms with Gasteiger partial charge in [-0.1, -0.05) is 117 Å². The Morgan fingerprint density at radius 1 is 0.531 bits per heavy atom. The monoisotopic (exact) mass is 412 g/mol. The highest BCUT2D eigenvalue weighted by atomic mass is 16.3. The van der Waals surface area contributed by atoms with Crippen LogP contribution >= 0.6 is 0 Å². The lowest BCUT2D eigenvalue weighted by molar-refractivity contribution is 0.671. The van der Waals surface area contributed by atoms with Crippen LogP contribution in [-0.4, -0.2) is 0 Å². The van der Waals surface area contributed by atoms with Crippen LogP contribution in [0.2, 0.25) is 0 Å². The molecule has 0 atom stereocenters. The van der Waals surface area contributed by atoms with Gasteiger partial charge in [-0.3, -0.25) is 0 Å². The molecule has 1 heterocycles. The van der Waals surface area contributed by atoms with E-state index in [1.165, 1.54) is 27.5 Å². The first-order valence-corrected chi connectivity index (χ1v) is 11.2. The predicted octanol–water partition coefficient (Wildman–Crippen LogP) is 9.20. The minimum Gasteiger partial charge on any atom is -0.455 e. The van der Waals surface area contributed by atoms with Gasteiger partial charge >= 0.3 is 0 Å². The van der Waals surface area contributed by atoms with Crippen molar-refractivity contribution < 1.29 is 4.42 Å². The van der Waals surface area contributed by atoms with Crippen molar-refractivity contribution >= 4 is 32.7 Å². The summed E-state index contributed by atoms with van der Waals surface area (Å²) in [6.07, 6.45) is 0. The van der Waals surface area contributed by atoms with Gasteiger partial charge in [0.05, 0.1) is 0 Å². The normalized spacial score (nSPS) is 11.7. The highest BCUT2D eigenvalue weighted by Gasteiger charge is 2.17. The second-order valence-corrected chi connectivity index (χ2v) is 8.78. The molecular weight excluding hydrogens is 388 g/mol. The van der Waals surface area contributed by atoms with E-state index in [9.17, 15) is 0 Å². The van der Waals surface area contributed by atoms with E-state index in [2.05, 4.69) is 111 Å². The van der Waals surface area contributed by atoms with Crippen molar-refractivity contribution in [3.05, 3.63) is 109 Å². The van der Waals surface area contributed by atoms with Crippen molar-refractivity contribution in [2.24, 2.45) is 0 Å². The molecule has 6 aromatic rings. The summed E-state index contributed by atoms with van der Waals surface area (Å²) in [6.45, 7) is 4.50. The predicted molar refractivity (Wildman–Crippen MR) is 136 cm³/mol. The number of furan rings is 1. The lowest BCUT2D eigenvalue weighted by atomic mass is 9.91. The van der Waals surface area contributed by atoms with E-state index < -0.39 is 0 Å². The molecule has 0 spiro atoms. The average Bonchev–Trinajstić information content (AvgIpc) is 3.23. The summed E-state index contributed by atoms with van der Waals surface area (Å²) in [5, 5.41) is 4.85. The molecule has 0 aliphatic rings. The van der Waals surface area contributed by atoms with Crippen LogP contribution in [0.1, 0.15) is 25.3 Å². The molecule has 0 radical (unpaired) electrons. The maximum atomic E-state index is 6.67. The Hall–Kier alpha value is -3.84. The second kappa shape index (κ2) is 7.39. The number of benzene rings is 5. The summed E-state index contributed by atoms with van der Waals surface area (Å²) in [5.41, 5.74) is 7.94. The quantitative estimate of drug-likeness (QED) is 0.282. The van der Waals surface area contributed by atoms with Crippen LogP contribution in [0, 0.1) is 0 Å². The van der Waals surface area contributed by atoms with Crippen LogP contribution in [0.3, 0.4) is 0 Å². The van der Waals surface area contributed by atoms with Gasteiger partial charge in [0.15, 0.2) is 0 Å². The van der Waals surface area contributed by atoms with Crippen LogP contribution in [0.5, 0.6) is 0 Å². The third kappa shape index (κ3) is 2.93. The van der Waals surface area contributed by atoms with Gasteiger partial charge in [-0.25, -0.2) is 0 Å². The van der Waals surface area contributed by atoms with Crippen LogP contribution in [0.4, 0.5) is 0 Å². The van der Waals surface area contributed by atoms with Crippen LogP contribution in [0.15, 0.2) is 108 Å². The Balaban J connectivity index is 1.69. The number of rotatable bonds is 3. The highest BCUT2D eigenvalue weighted by molar-refractivity contribution is 6.14. The molecule has 0 amide bonds. The smallest absolute Gasteiger partial charge is 0.143 e. The van der Waals surface area contributed by atoms with Gasteiger partial charge in [-0.15, -0.1) is 0 Å². The fourth-order valence-electron chi connectivity index (χ4n) is 4.77. The first-order valence-electron chi connectivity index (χ1n) is 11.2. The molecule has 0 N–H and O–H groups in total. The minimum atomic E-state index is 0.456. The summed E-state index contributed by atoms with van der Waals surface area (Å²) >= 11 is 0. The third-order valence-electron chi connectivity index (χ3n) is 6.45. The van der Waals surface area contributed by atoms with Crippen molar-refractivity contribution in [2.75, 3.05) is 0 Å². The maximum absolute atomic E-state index is 6.67. The zero-order chi connectivity index (χ0) is 21.7. The van der Waals surface area contributed by atoms with Gasteiger partial charge in [-0.2, -0.15) is 0 Å². The van der Waals surface area contributed by atoms with E-state index in [0.29, 0.717) is 5.92 Å². The van der Waals surface area contributed by atoms with Gasteiger partial charge in [-0.05, 0) is 33.4 Å². The molecule has 5 aromatic carbocycles. The molecule has 0 saturated carbocycles. The molecule has 0 fully saturated rings. The van der Waals surface area contributed by atoms with Crippen molar-refractivity contribution in [3.63, 3.8) is 0 Å². The summed E-state index contributed by atoms with van der Waals surface area (Å²) in [7, 11) is 0. The largest absolute Gasteiger partial charge is 0.455 e. The van der Waals surface area contributed by atoms with Gasteiger partial charge < -0.3 is 4.42 Å². The zero-order valence-corrected chi connectivity index (χ0v) is 18.3. The summed E-state index contributed by atoms with van der Waals surface area (Å²) in [6, 6.07) is 36.7. The molecule has 1 nitrogen and oxygen atoms in total. The van der Waals surface area contributed by atoms with Crippen molar-refractivity contribution in [3.8, 4) is 22.3 Å². The van der Waals surface area contributed by atoms with Crippen LogP contribution in [-0.2, 0) is 0 Å². The first kappa shape index (κ1) is 18.9. The van der Waals surface area contributed by atoms with E-state index in [0.717, 1.165) is 33.1 Å². The fourth-order valence-corrected chi connectivity index (χ4v) is 4.77. The summed E-state index contributed by atoms with van der Waals surface area (Å²) < 4.78 is 6.67. The number of fused-ring (bicyclic) bond motifs is 4. The van der Waals surface area contributed by atoms with Crippen molar-refractivity contribution in [2.45, 2.75) is 19.8 Å². The molecule has 0 bridgehead atoms. The average molecular weight is 413 g/mol. The molecule has 0 aliphatic heterocycles. The van der Waals surface area contributed by atoms with E-state index in [1.807, 2.05) is 6.07 Å². The standard InChI is InChI=1S/C31H24O/c1-20(2)23-18-22-12-6-7-13-24(22)29(19-23)28-17-9-16-27-26-15-8-14-25(30(26)32-31(27)28)21-10-4-3-5-11-21/h3-20H,1-2H3. The van der Waals surface area contributed by atoms with Gasteiger partial charge in [0.25, 0.3) is 0 Å². The number of hydrogen-bond donors (Lipinski definition) is 0.